The Morgan fingerprint density at radius 2 is 1.95 bits per heavy atom. The Kier molecular flexibility index (Phi) is 6.22. The minimum absolute atomic E-state index is 0.145. The number of nitrogens with zero attached hydrogens (tertiary/aromatic N) is 6. The lowest BCUT2D eigenvalue weighted by molar-refractivity contribution is 0.0746. The second kappa shape index (κ2) is 9.99. The molecular formula is C29H26N8O2. The van der Waals surface area contributed by atoms with Crippen LogP contribution in [-0.2, 0) is 6.54 Å². The van der Waals surface area contributed by atoms with Crippen LogP contribution in [0.4, 0.5) is 17.6 Å². The lowest BCUT2D eigenvalue weighted by atomic mass is 10.0. The molecule has 0 atom stereocenters. The molecule has 10 nitrogen and oxygen atoms in total. The number of benzene rings is 1. The van der Waals surface area contributed by atoms with Gasteiger partial charge in [-0.25, -0.2) is 0 Å². The summed E-state index contributed by atoms with van der Waals surface area (Å²) in [5.74, 6) is 7.46. The van der Waals surface area contributed by atoms with Crippen LogP contribution in [-0.4, -0.2) is 68.0 Å². The van der Waals surface area contributed by atoms with E-state index in [0.717, 1.165) is 16.7 Å². The van der Waals surface area contributed by atoms with E-state index in [1.807, 2.05) is 22.9 Å². The lowest BCUT2D eigenvalue weighted by Gasteiger charge is -2.35. The summed E-state index contributed by atoms with van der Waals surface area (Å²) in [6.07, 6.45) is 16.0. The molecule has 6 rings (SSSR count). The Bertz CT molecular complexity index is 1660. The van der Waals surface area contributed by atoms with Gasteiger partial charge in [-0.15, -0.1) is 12.8 Å². The second-order valence-corrected chi connectivity index (χ2v) is 9.71. The molecule has 0 unspecified atom stereocenters. The van der Waals surface area contributed by atoms with Crippen molar-refractivity contribution in [2.24, 2.45) is 0 Å². The molecule has 0 spiro atoms. The predicted octanol–water partition coefficient (Wildman–Crippen LogP) is 3.16. The van der Waals surface area contributed by atoms with Crippen LogP contribution in [0.25, 0.3) is 11.0 Å². The van der Waals surface area contributed by atoms with Crippen LogP contribution >= 0.6 is 0 Å². The summed E-state index contributed by atoms with van der Waals surface area (Å²) < 4.78 is 1.91. The van der Waals surface area contributed by atoms with Gasteiger partial charge in [0.25, 0.3) is 5.91 Å². The molecule has 1 saturated heterocycles. The van der Waals surface area contributed by atoms with Crippen molar-refractivity contribution in [1.82, 2.24) is 29.6 Å². The quantitative estimate of drug-likeness (QED) is 0.286. The monoisotopic (exact) mass is 518 g/mol. The summed E-state index contributed by atoms with van der Waals surface area (Å²) in [5, 5.41) is 11.7. The van der Waals surface area contributed by atoms with E-state index in [1.165, 1.54) is 12.8 Å². The third-order valence-corrected chi connectivity index (χ3v) is 7.16. The highest BCUT2D eigenvalue weighted by atomic mass is 16.2. The molecule has 1 aliphatic carbocycles. The van der Waals surface area contributed by atoms with Crippen molar-refractivity contribution in [2.75, 3.05) is 36.4 Å². The minimum atomic E-state index is -0.145. The normalized spacial score (nSPS) is 15.1. The third kappa shape index (κ3) is 4.69. The molecule has 10 heteroatoms. The molecule has 3 aromatic heterocycles. The summed E-state index contributed by atoms with van der Waals surface area (Å²) in [7, 11) is 0. The first-order valence-electron chi connectivity index (χ1n) is 12.8. The summed E-state index contributed by atoms with van der Waals surface area (Å²) in [4.78, 5) is 38.1. The molecule has 1 aliphatic heterocycles. The molecule has 194 valence electrons. The fourth-order valence-corrected chi connectivity index (χ4v) is 4.86. The van der Waals surface area contributed by atoms with E-state index in [0.29, 0.717) is 79.2 Å². The summed E-state index contributed by atoms with van der Waals surface area (Å²) in [6, 6.07) is 8.82. The highest BCUT2D eigenvalue weighted by molar-refractivity contribution is 5.96. The summed E-state index contributed by atoms with van der Waals surface area (Å²) in [6.45, 7) is 2.43. The van der Waals surface area contributed by atoms with Crippen molar-refractivity contribution in [3.63, 3.8) is 0 Å². The van der Waals surface area contributed by atoms with Crippen molar-refractivity contribution in [1.29, 1.82) is 0 Å². The number of hydrogen-bond donors (Lipinski definition) is 2. The highest BCUT2D eigenvalue weighted by Gasteiger charge is 2.27. The summed E-state index contributed by atoms with van der Waals surface area (Å²) >= 11 is 0. The van der Waals surface area contributed by atoms with Crippen LogP contribution in [0.1, 0.15) is 50.7 Å². The number of fused-ring (bicyclic) bond motifs is 1. The topological polar surface area (TPSA) is 112 Å². The van der Waals surface area contributed by atoms with Crippen molar-refractivity contribution in [2.45, 2.75) is 25.3 Å². The molecule has 1 saturated carbocycles. The average molecular weight is 519 g/mol. The molecular weight excluding hydrogens is 492 g/mol. The number of aromatic nitrogens is 5. The molecule has 1 aromatic carbocycles. The standard InChI is InChI=1S/C29H26N8O2/c1-3-10-35-11-9-23-26(30-25-17-24(33-34-25)20-6-7-20)31-29(32-27(23)35)37-14-12-36(13-15-37)28(39)21-8-5-19(4-2)22(16-21)18-38/h1-2,5,8-9,11,16-18,20H,6-7,10,12-15H2,(H2,30,31,32,33,34). The molecule has 2 aliphatic rings. The Morgan fingerprint density at radius 3 is 2.67 bits per heavy atom. The molecule has 2 N–H and O–H groups in total. The van der Waals surface area contributed by atoms with E-state index in [4.69, 9.17) is 22.8 Å². The van der Waals surface area contributed by atoms with E-state index in [9.17, 15) is 9.59 Å². The largest absolute Gasteiger partial charge is 0.337 e. The minimum Gasteiger partial charge on any atom is -0.337 e. The third-order valence-electron chi connectivity index (χ3n) is 7.16. The van der Waals surface area contributed by atoms with Crippen LogP contribution in [0.5, 0.6) is 0 Å². The number of carbonyl (C=O) groups is 2. The van der Waals surface area contributed by atoms with Crippen molar-refractivity contribution in [3.05, 3.63) is 58.9 Å². The zero-order valence-electron chi connectivity index (χ0n) is 21.2. The molecule has 4 heterocycles. The van der Waals surface area contributed by atoms with Gasteiger partial charge >= 0.3 is 0 Å². The second-order valence-electron chi connectivity index (χ2n) is 9.71. The number of anilines is 3. The van der Waals surface area contributed by atoms with Gasteiger partial charge in [-0.1, -0.05) is 11.8 Å². The Balaban J connectivity index is 1.23. The number of aromatic amines is 1. The first-order chi connectivity index (χ1) is 19.1. The average Bonchev–Trinajstić information content (AvgIpc) is 3.59. The van der Waals surface area contributed by atoms with Gasteiger partial charge in [-0.05, 0) is 37.1 Å². The first kappa shape index (κ1) is 24.3. The van der Waals surface area contributed by atoms with E-state index < -0.39 is 0 Å². The smallest absolute Gasteiger partial charge is 0.253 e. The SMILES string of the molecule is C#CCn1ccc2c(Nc3cc(C4CC4)[nH]n3)nc(N3CCN(C(=O)c4ccc(C#C)c(C=O)c4)CC3)nc21. The number of H-pyrrole nitrogens is 1. The fourth-order valence-electron chi connectivity index (χ4n) is 4.86. The Labute approximate surface area is 225 Å². The maximum absolute atomic E-state index is 13.1. The van der Waals surface area contributed by atoms with Gasteiger partial charge in [0, 0.05) is 66.7 Å². The zero-order valence-corrected chi connectivity index (χ0v) is 21.2. The number of rotatable bonds is 7. The van der Waals surface area contributed by atoms with Gasteiger partial charge in [0.15, 0.2) is 12.1 Å². The van der Waals surface area contributed by atoms with E-state index in [1.54, 1.807) is 23.1 Å². The van der Waals surface area contributed by atoms with E-state index in [-0.39, 0.29) is 5.91 Å². The van der Waals surface area contributed by atoms with Crippen LogP contribution in [0, 0.1) is 24.7 Å². The van der Waals surface area contributed by atoms with Crippen LogP contribution in [0.3, 0.4) is 0 Å². The fraction of sp³-hybridized carbons (Fsp3) is 0.276. The number of piperazine rings is 1. The maximum Gasteiger partial charge on any atom is 0.253 e. The van der Waals surface area contributed by atoms with Crippen LogP contribution in [0.2, 0.25) is 0 Å². The van der Waals surface area contributed by atoms with Gasteiger partial charge in [0.1, 0.15) is 11.5 Å². The van der Waals surface area contributed by atoms with Gasteiger partial charge < -0.3 is 19.7 Å². The van der Waals surface area contributed by atoms with Gasteiger partial charge in [-0.3, -0.25) is 14.7 Å². The summed E-state index contributed by atoms with van der Waals surface area (Å²) in [5.41, 5.74) is 3.09. The first-order valence-corrected chi connectivity index (χ1v) is 12.8. The molecule has 0 bridgehead atoms. The number of hydrogen-bond acceptors (Lipinski definition) is 7. The molecule has 2 fully saturated rings. The van der Waals surface area contributed by atoms with Crippen LogP contribution < -0.4 is 10.2 Å². The van der Waals surface area contributed by atoms with Gasteiger partial charge in [0.05, 0.1) is 11.9 Å². The number of terminal acetylenes is 2. The lowest BCUT2D eigenvalue weighted by Crippen LogP contribution is -2.49. The van der Waals surface area contributed by atoms with Crippen molar-refractivity contribution in [3.8, 4) is 24.7 Å². The van der Waals surface area contributed by atoms with Gasteiger partial charge in [-0.2, -0.15) is 15.1 Å². The van der Waals surface area contributed by atoms with E-state index >= 15 is 0 Å². The van der Waals surface area contributed by atoms with Crippen LogP contribution in [0.15, 0.2) is 36.5 Å². The maximum atomic E-state index is 13.1. The number of aldehydes is 1. The Morgan fingerprint density at radius 1 is 1.13 bits per heavy atom. The zero-order chi connectivity index (χ0) is 26.9. The predicted molar refractivity (Wildman–Crippen MR) is 148 cm³/mol. The molecule has 0 radical (unpaired) electrons. The molecule has 4 aromatic rings. The van der Waals surface area contributed by atoms with Crippen molar-refractivity contribution < 1.29 is 9.59 Å². The Hall–Kier alpha value is -5.09. The number of nitrogens with one attached hydrogen (secondary N) is 2. The molecule has 1 amide bonds. The molecule has 39 heavy (non-hydrogen) atoms. The van der Waals surface area contributed by atoms with E-state index in [2.05, 4.69) is 32.3 Å². The van der Waals surface area contributed by atoms with Crippen molar-refractivity contribution >= 4 is 40.8 Å². The number of carbonyl (C=O) groups excluding carboxylic acids is 2. The van der Waals surface area contributed by atoms with Gasteiger partial charge in [0.2, 0.25) is 5.95 Å². The number of amides is 1. The highest BCUT2D eigenvalue weighted by Crippen LogP contribution is 2.40.